The van der Waals surface area contributed by atoms with E-state index in [-0.39, 0.29) is 0 Å². The Bertz CT molecular complexity index is 521. The van der Waals surface area contributed by atoms with Gasteiger partial charge in [-0.15, -0.1) is 0 Å². The van der Waals surface area contributed by atoms with Gasteiger partial charge >= 0.3 is 0 Å². The lowest BCUT2D eigenvalue weighted by Crippen LogP contribution is -2.40. The molecule has 0 saturated heterocycles. The summed E-state index contributed by atoms with van der Waals surface area (Å²) in [5.74, 6) is 2.69. The summed E-state index contributed by atoms with van der Waals surface area (Å²) in [6, 6.07) is 0. The molecule has 2 nitrogen and oxygen atoms in total. The molecule has 0 saturated carbocycles. The Morgan fingerprint density at radius 3 is 0.850 bits per heavy atom. The first-order chi connectivity index (χ1) is 18.7. The van der Waals surface area contributed by atoms with Gasteiger partial charge in [-0.05, 0) is 61.9 Å². The van der Waals surface area contributed by atoms with Gasteiger partial charge in [0.1, 0.15) is 0 Å². The summed E-state index contributed by atoms with van der Waals surface area (Å²) >= 11 is 0. The Kier molecular flexibility index (Phi) is 24.1. The lowest BCUT2D eigenvalue weighted by Gasteiger charge is -2.36. The molecule has 6 heteroatoms. The average molecular weight is 635 g/mol. The standard InChI is InChI=1S/C34H74O2S2Si2/c1-33(2,3)39(7,8)35-29-25-21-17-13-11-15-19-23-27-31-37-38-32-28-24-20-16-12-14-18-22-26-30-36-40(9,10)34(4,5)6/h11-32H2,1-10H3. The van der Waals surface area contributed by atoms with Crippen LogP contribution in [0.3, 0.4) is 0 Å². The minimum atomic E-state index is -1.54. The van der Waals surface area contributed by atoms with E-state index in [0.29, 0.717) is 10.1 Å². The maximum atomic E-state index is 6.29. The second-order valence-corrected chi connectivity index (χ2v) is 27.5. The van der Waals surface area contributed by atoms with Crippen molar-refractivity contribution in [1.82, 2.24) is 0 Å². The van der Waals surface area contributed by atoms with Gasteiger partial charge in [0, 0.05) is 24.7 Å². The van der Waals surface area contributed by atoms with Crippen molar-refractivity contribution >= 4 is 38.2 Å². The fraction of sp³-hybridized carbons (Fsp3) is 1.00. The van der Waals surface area contributed by atoms with Crippen molar-refractivity contribution in [3.8, 4) is 0 Å². The molecule has 0 radical (unpaired) electrons. The van der Waals surface area contributed by atoms with Crippen LogP contribution < -0.4 is 0 Å². The molecule has 0 amide bonds. The predicted molar refractivity (Wildman–Crippen MR) is 194 cm³/mol. The zero-order valence-corrected chi connectivity index (χ0v) is 32.8. The molecule has 0 aromatic carbocycles. The third-order valence-corrected chi connectivity index (χ3v) is 21.0. The number of rotatable bonds is 27. The molecule has 0 aromatic rings. The first-order valence-electron chi connectivity index (χ1n) is 17.2. The molecular formula is C34H74O2S2Si2. The molecular weight excluding hydrogens is 561 g/mol. The van der Waals surface area contributed by atoms with Crippen LogP contribution >= 0.6 is 21.6 Å². The van der Waals surface area contributed by atoms with Crippen LogP contribution in [0.4, 0.5) is 0 Å². The molecule has 0 heterocycles. The zero-order chi connectivity index (χ0) is 30.4. The third kappa shape index (κ3) is 22.6. The summed E-state index contributed by atoms with van der Waals surface area (Å²) in [6.45, 7) is 25.4. The summed E-state index contributed by atoms with van der Waals surface area (Å²) in [6.07, 6.45) is 25.1. The summed E-state index contributed by atoms with van der Waals surface area (Å²) in [5, 5.41) is 0.678. The molecule has 0 aliphatic carbocycles. The van der Waals surface area contributed by atoms with Crippen molar-refractivity contribution in [2.75, 3.05) is 24.7 Å². The Hall–Kier alpha value is 1.05. The van der Waals surface area contributed by atoms with E-state index in [1.54, 1.807) is 0 Å². The summed E-state index contributed by atoms with van der Waals surface area (Å²) in [5.41, 5.74) is 0. The van der Waals surface area contributed by atoms with Crippen LogP contribution in [0.25, 0.3) is 0 Å². The lowest BCUT2D eigenvalue weighted by molar-refractivity contribution is 0.277. The smallest absolute Gasteiger partial charge is 0.191 e. The lowest BCUT2D eigenvalue weighted by atomic mass is 10.1. The Morgan fingerprint density at radius 2 is 0.600 bits per heavy atom. The van der Waals surface area contributed by atoms with Crippen molar-refractivity contribution in [2.45, 2.75) is 193 Å². The third-order valence-electron chi connectivity index (χ3n) is 9.37. The highest BCUT2D eigenvalue weighted by molar-refractivity contribution is 8.76. The van der Waals surface area contributed by atoms with Gasteiger partial charge < -0.3 is 8.85 Å². The fourth-order valence-electron chi connectivity index (χ4n) is 4.21. The highest BCUT2D eigenvalue weighted by Crippen LogP contribution is 2.37. The molecule has 0 rings (SSSR count). The van der Waals surface area contributed by atoms with E-state index in [2.05, 4.69) is 89.3 Å². The van der Waals surface area contributed by atoms with E-state index < -0.39 is 16.6 Å². The maximum Gasteiger partial charge on any atom is 0.191 e. The van der Waals surface area contributed by atoms with Crippen LogP contribution in [-0.4, -0.2) is 41.4 Å². The number of hydrogen-bond acceptors (Lipinski definition) is 4. The largest absolute Gasteiger partial charge is 0.417 e. The highest BCUT2D eigenvalue weighted by atomic mass is 33.1. The normalized spacial score (nSPS) is 13.3. The van der Waals surface area contributed by atoms with Crippen molar-refractivity contribution in [3.05, 3.63) is 0 Å². The molecule has 0 aromatic heterocycles. The zero-order valence-electron chi connectivity index (χ0n) is 29.2. The summed E-state index contributed by atoms with van der Waals surface area (Å²) < 4.78 is 12.6. The van der Waals surface area contributed by atoms with Crippen LogP contribution in [0, 0.1) is 0 Å². The van der Waals surface area contributed by atoms with Gasteiger partial charge in [-0.25, -0.2) is 0 Å². The van der Waals surface area contributed by atoms with Gasteiger partial charge in [-0.3, -0.25) is 0 Å². The molecule has 0 fully saturated rings. The van der Waals surface area contributed by atoms with Crippen molar-refractivity contribution in [1.29, 1.82) is 0 Å². The summed E-state index contributed by atoms with van der Waals surface area (Å²) in [7, 11) is 1.17. The fourth-order valence-corrected chi connectivity index (χ4v) is 8.68. The van der Waals surface area contributed by atoms with Crippen molar-refractivity contribution in [3.63, 3.8) is 0 Å². The minimum absolute atomic E-state index is 0.339. The van der Waals surface area contributed by atoms with Gasteiger partial charge in [0.2, 0.25) is 0 Å². The van der Waals surface area contributed by atoms with E-state index in [0.717, 1.165) is 13.2 Å². The summed E-state index contributed by atoms with van der Waals surface area (Å²) in [4.78, 5) is 0. The molecule has 0 aliphatic rings. The van der Waals surface area contributed by atoms with Crippen LogP contribution in [0.15, 0.2) is 0 Å². The molecule has 0 bridgehead atoms. The second kappa shape index (κ2) is 23.4. The molecule has 242 valence electrons. The second-order valence-electron chi connectivity index (χ2n) is 15.2. The molecule has 0 unspecified atom stereocenters. The Balaban J connectivity index is 3.24. The molecule has 0 aliphatic heterocycles. The Morgan fingerprint density at radius 1 is 0.375 bits per heavy atom. The topological polar surface area (TPSA) is 18.5 Å². The Labute approximate surface area is 264 Å². The van der Waals surface area contributed by atoms with E-state index in [1.165, 1.54) is 127 Å². The molecule has 0 atom stereocenters. The first kappa shape index (κ1) is 41.1. The van der Waals surface area contributed by atoms with Crippen molar-refractivity contribution < 1.29 is 8.85 Å². The van der Waals surface area contributed by atoms with Gasteiger partial charge in [0.05, 0.1) is 0 Å². The highest BCUT2D eigenvalue weighted by Gasteiger charge is 2.37. The van der Waals surface area contributed by atoms with Gasteiger partial charge in [0.15, 0.2) is 16.6 Å². The van der Waals surface area contributed by atoms with Crippen LogP contribution in [-0.2, 0) is 8.85 Å². The SMILES string of the molecule is CC(C)(C)[Si](C)(C)OCCCCCCCCCCCSSCCCCCCCCCCCO[Si](C)(C)C(C)(C)C. The monoisotopic (exact) mass is 634 g/mol. The van der Waals surface area contributed by atoms with Crippen molar-refractivity contribution in [2.24, 2.45) is 0 Å². The predicted octanol–water partition coefficient (Wildman–Crippen LogP) is 13.4. The quantitative estimate of drug-likeness (QED) is 0.0508. The molecule has 0 spiro atoms. The van der Waals surface area contributed by atoms with Gasteiger partial charge in [-0.1, -0.05) is 153 Å². The van der Waals surface area contributed by atoms with Crippen LogP contribution in [0.5, 0.6) is 0 Å². The number of unbranched alkanes of at least 4 members (excludes halogenated alkanes) is 16. The average Bonchev–Trinajstić information content (AvgIpc) is 2.84. The van der Waals surface area contributed by atoms with Gasteiger partial charge in [0.25, 0.3) is 0 Å². The first-order valence-corrected chi connectivity index (χ1v) is 25.5. The van der Waals surface area contributed by atoms with Crippen LogP contribution in [0.2, 0.25) is 36.3 Å². The maximum absolute atomic E-state index is 6.29. The van der Waals surface area contributed by atoms with E-state index >= 15 is 0 Å². The van der Waals surface area contributed by atoms with E-state index in [9.17, 15) is 0 Å². The van der Waals surface area contributed by atoms with Gasteiger partial charge in [-0.2, -0.15) is 0 Å². The molecule has 0 N–H and O–H groups in total. The minimum Gasteiger partial charge on any atom is -0.417 e. The number of hydrogen-bond donors (Lipinski definition) is 0. The van der Waals surface area contributed by atoms with E-state index in [1.807, 2.05) is 0 Å². The van der Waals surface area contributed by atoms with Crippen LogP contribution in [0.1, 0.15) is 157 Å². The molecule has 40 heavy (non-hydrogen) atoms. The van der Waals surface area contributed by atoms with E-state index in [4.69, 9.17) is 8.85 Å².